The zero-order valence-corrected chi connectivity index (χ0v) is 35.0. The molecule has 4 amide bonds. The highest BCUT2D eigenvalue weighted by molar-refractivity contribution is 5.91. The van der Waals surface area contributed by atoms with Gasteiger partial charge in [0.15, 0.2) is 0 Å². The van der Waals surface area contributed by atoms with E-state index >= 15 is 0 Å². The van der Waals surface area contributed by atoms with Gasteiger partial charge >= 0.3 is 12.2 Å². The van der Waals surface area contributed by atoms with Gasteiger partial charge in [-0.25, -0.2) is 19.6 Å². The van der Waals surface area contributed by atoms with Crippen LogP contribution in [0.1, 0.15) is 76.6 Å². The molecule has 2 saturated heterocycles. The highest BCUT2D eigenvalue weighted by atomic mass is 16.5. The minimum Gasteiger partial charge on any atom is -0.453 e. The number of likely N-dealkylation sites (tertiary alicyclic amines) is 2. The van der Waals surface area contributed by atoms with E-state index in [1.807, 2.05) is 37.9 Å². The largest absolute Gasteiger partial charge is 0.453 e. The van der Waals surface area contributed by atoms with Crippen molar-refractivity contribution in [3.05, 3.63) is 84.7 Å². The lowest BCUT2D eigenvalue weighted by molar-refractivity contribution is -0.136. The molecule has 1 spiro atoms. The first-order valence-corrected chi connectivity index (χ1v) is 20.9. The van der Waals surface area contributed by atoms with E-state index in [0.717, 1.165) is 69.5 Å². The number of aromatic nitrogens is 4. The lowest BCUT2D eigenvalue weighted by Crippen LogP contribution is -2.51. The molecule has 3 fully saturated rings. The monoisotopic (exact) mass is 825 g/mol. The molecule has 15 nitrogen and oxygen atoms in total. The smallest absolute Gasteiger partial charge is 0.407 e. The van der Waals surface area contributed by atoms with Gasteiger partial charge in [0.25, 0.3) is 0 Å². The lowest BCUT2D eigenvalue weighted by Gasteiger charge is -2.30. The molecule has 5 aromatic rings. The normalized spacial score (nSPS) is 20.0. The number of amides is 4. The Bertz CT molecular complexity index is 2500. The van der Waals surface area contributed by atoms with Crippen molar-refractivity contribution in [1.82, 2.24) is 40.4 Å². The van der Waals surface area contributed by atoms with Crippen LogP contribution in [0.3, 0.4) is 0 Å². The number of nitrogens with zero attached hydrogens (tertiary/aromatic N) is 5. The van der Waals surface area contributed by atoms with E-state index in [4.69, 9.17) is 14.5 Å². The van der Waals surface area contributed by atoms with E-state index in [2.05, 4.69) is 86.3 Å². The average Bonchev–Trinajstić information content (AvgIpc) is 3.78. The number of fused-ring (bicyclic) bond motifs is 1. The number of hydrogen-bond donors (Lipinski definition) is 4. The van der Waals surface area contributed by atoms with Crippen LogP contribution in [-0.2, 0) is 19.1 Å². The molecule has 0 bridgehead atoms. The summed E-state index contributed by atoms with van der Waals surface area (Å²) in [6.07, 6.45) is 6.08. The maximum atomic E-state index is 13.9. The quantitative estimate of drug-likeness (QED) is 0.106. The summed E-state index contributed by atoms with van der Waals surface area (Å²) in [5, 5.41) is 17.2. The first-order valence-electron chi connectivity index (χ1n) is 20.9. The summed E-state index contributed by atoms with van der Waals surface area (Å²) in [6, 6.07) is 21.1. The van der Waals surface area contributed by atoms with Crippen molar-refractivity contribution >= 4 is 34.8 Å². The summed E-state index contributed by atoms with van der Waals surface area (Å²) >= 11 is 0. The number of aromatic amines is 2. The second-order valence-electron chi connectivity index (χ2n) is 16.9. The number of H-pyrrole nitrogens is 2. The van der Waals surface area contributed by atoms with Crippen molar-refractivity contribution in [2.45, 2.75) is 77.0 Å². The molecule has 0 unspecified atom stereocenters. The van der Waals surface area contributed by atoms with Crippen LogP contribution in [0.4, 0.5) is 9.59 Å². The van der Waals surface area contributed by atoms with Gasteiger partial charge in [0, 0.05) is 18.7 Å². The van der Waals surface area contributed by atoms with Crippen LogP contribution in [0.15, 0.2) is 73.1 Å². The highest BCUT2D eigenvalue weighted by Crippen LogP contribution is 2.58. The molecular formula is C46H51N9O6. The molecule has 8 rings (SSSR count). The third kappa shape index (κ3) is 8.27. The molecular weight excluding hydrogens is 775 g/mol. The summed E-state index contributed by atoms with van der Waals surface area (Å²) in [7, 11) is 2.55. The Kier molecular flexibility index (Phi) is 11.3. The van der Waals surface area contributed by atoms with Crippen molar-refractivity contribution in [1.29, 1.82) is 5.26 Å². The van der Waals surface area contributed by atoms with Gasteiger partial charge in [-0.15, -0.1) is 0 Å². The molecule has 15 heteroatoms. The molecule has 3 aromatic carbocycles. The Morgan fingerprint density at radius 3 is 1.98 bits per heavy atom. The van der Waals surface area contributed by atoms with Crippen molar-refractivity contribution < 1.29 is 28.7 Å². The third-order valence-electron chi connectivity index (χ3n) is 12.6. The number of nitrogens with one attached hydrogen (secondary N) is 4. The Labute approximate surface area is 354 Å². The van der Waals surface area contributed by atoms with E-state index in [1.165, 1.54) is 14.2 Å². The van der Waals surface area contributed by atoms with Crippen LogP contribution in [-0.4, -0.2) is 93.1 Å². The summed E-state index contributed by atoms with van der Waals surface area (Å²) in [5.41, 5.74) is 5.82. The number of benzene rings is 3. The number of rotatable bonds is 11. The standard InChI is InChI=1S/C46H51N9O6/c1-6-34(52-44(58)60-4)42(56)54-24-27(21-47)17-37(54)40-48-23-36(51-40)33-14-13-31-18-30(11-12-32(31)19-33)28-7-9-29(10-8-28)35-22-49-41(50-35)38-20-46(15-16-46)25-55(38)43(57)39(26(2)3)53-45(59)61-5/h7-14,18-19,22-23,26-27,34,37-39H,6,15-17,20,24-25H2,1-5H3,(H,48,51)(H,49,50)(H,52,58)(H,53,59)/t27-,34+,37+,38+,39+/m1/s1. The lowest BCUT2D eigenvalue weighted by atomic mass is 9.98. The van der Waals surface area contributed by atoms with Crippen molar-refractivity contribution in [2.75, 3.05) is 27.3 Å². The fourth-order valence-electron chi connectivity index (χ4n) is 8.86. The minimum atomic E-state index is -0.777. The number of methoxy groups -OCH3 is 2. The predicted molar refractivity (Wildman–Crippen MR) is 227 cm³/mol. The topological polar surface area (TPSA) is 198 Å². The summed E-state index contributed by atoms with van der Waals surface area (Å²) in [6.45, 7) is 6.55. The van der Waals surface area contributed by atoms with Crippen molar-refractivity contribution in [3.63, 3.8) is 0 Å². The molecule has 61 heavy (non-hydrogen) atoms. The fraction of sp³-hybridized carbons (Fsp3) is 0.413. The van der Waals surface area contributed by atoms with Crippen molar-refractivity contribution in [3.8, 4) is 39.7 Å². The Morgan fingerprint density at radius 1 is 0.803 bits per heavy atom. The number of alkyl carbamates (subject to hydrolysis) is 2. The molecule has 1 saturated carbocycles. The van der Waals surface area contributed by atoms with Crippen LogP contribution in [0.2, 0.25) is 0 Å². The molecule has 0 radical (unpaired) electrons. The molecule has 5 atom stereocenters. The number of carbonyl (C=O) groups excluding carboxylic acids is 4. The van der Waals surface area contributed by atoms with Crippen LogP contribution in [0.5, 0.6) is 0 Å². The highest BCUT2D eigenvalue weighted by Gasteiger charge is 2.55. The van der Waals surface area contributed by atoms with Crippen LogP contribution >= 0.6 is 0 Å². The molecule has 3 aliphatic rings. The number of nitriles is 1. The molecule has 4 heterocycles. The number of carbonyl (C=O) groups is 4. The first-order chi connectivity index (χ1) is 29.4. The van der Waals surface area contributed by atoms with E-state index in [-0.39, 0.29) is 41.7 Å². The Morgan fingerprint density at radius 2 is 1.38 bits per heavy atom. The van der Waals surface area contributed by atoms with Gasteiger partial charge < -0.3 is 39.9 Å². The van der Waals surface area contributed by atoms with Gasteiger partial charge in [-0.1, -0.05) is 69.3 Å². The van der Waals surface area contributed by atoms with Crippen LogP contribution in [0, 0.1) is 28.6 Å². The summed E-state index contributed by atoms with van der Waals surface area (Å²) in [5.74, 6) is 0.474. The van der Waals surface area contributed by atoms with E-state index in [1.54, 1.807) is 11.1 Å². The molecule has 2 aromatic heterocycles. The van der Waals surface area contributed by atoms with Gasteiger partial charge in [-0.05, 0) is 83.0 Å². The summed E-state index contributed by atoms with van der Waals surface area (Å²) in [4.78, 5) is 71.3. The SMILES string of the molecule is CC[C@H](NC(=O)OC)C(=O)N1C[C@@H](C#N)C[C@H]1c1ncc(-c2ccc3cc(-c4ccc(-c5cnc([C@@H]6CC7(CC7)CN6C(=O)[C@@H](NC(=O)OC)C(C)C)[nH]5)cc4)ccc3c2)[nH]1. The maximum absolute atomic E-state index is 13.9. The molecule has 1 aliphatic carbocycles. The number of hydrogen-bond acceptors (Lipinski definition) is 9. The number of imidazole rings is 2. The zero-order valence-electron chi connectivity index (χ0n) is 35.0. The summed E-state index contributed by atoms with van der Waals surface area (Å²) < 4.78 is 9.52. The predicted octanol–water partition coefficient (Wildman–Crippen LogP) is 7.27. The fourth-order valence-corrected chi connectivity index (χ4v) is 8.86. The van der Waals surface area contributed by atoms with Crippen molar-refractivity contribution in [2.24, 2.45) is 17.3 Å². The first kappa shape index (κ1) is 41.1. The molecule has 316 valence electrons. The average molecular weight is 826 g/mol. The van der Waals surface area contributed by atoms with E-state index < -0.39 is 30.3 Å². The van der Waals surface area contributed by atoms with E-state index in [0.29, 0.717) is 25.2 Å². The maximum Gasteiger partial charge on any atom is 0.407 e. The minimum absolute atomic E-state index is 0.112. The molecule has 2 aliphatic heterocycles. The second-order valence-corrected chi connectivity index (χ2v) is 16.9. The van der Waals surface area contributed by atoms with E-state index in [9.17, 15) is 24.4 Å². The Balaban J connectivity index is 0.960. The van der Waals surface area contributed by atoms with Gasteiger partial charge in [-0.2, -0.15) is 5.26 Å². The van der Waals surface area contributed by atoms with Crippen LogP contribution < -0.4 is 10.6 Å². The molecule has 4 N–H and O–H groups in total. The van der Waals surface area contributed by atoms with Gasteiger partial charge in [-0.3, -0.25) is 9.59 Å². The van der Waals surface area contributed by atoms with Crippen LogP contribution in [0.25, 0.3) is 44.4 Å². The second kappa shape index (κ2) is 16.8. The van der Waals surface area contributed by atoms with Gasteiger partial charge in [0.1, 0.15) is 23.7 Å². The zero-order chi connectivity index (χ0) is 43.0. The number of ether oxygens (including phenoxy) is 2. The Hall–Kier alpha value is -6.69. The van der Waals surface area contributed by atoms with Gasteiger partial charge in [0.2, 0.25) is 11.8 Å². The van der Waals surface area contributed by atoms with Gasteiger partial charge in [0.05, 0.1) is 62.1 Å². The third-order valence-corrected chi connectivity index (χ3v) is 12.6.